The Kier molecular flexibility index (Phi) is 4.38. The number of benzene rings is 2. The van der Waals surface area contributed by atoms with Crippen LogP contribution in [0.1, 0.15) is 17.0 Å². The summed E-state index contributed by atoms with van der Waals surface area (Å²) in [6.07, 6.45) is 2.13. The Morgan fingerprint density at radius 3 is 2.40 bits per heavy atom. The highest BCUT2D eigenvalue weighted by atomic mass is 15.3. The predicted octanol–water partition coefficient (Wildman–Crippen LogP) is 3.01. The monoisotopic (exact) mass is 332 g/mol. The minimum absolute atomic E-state index is 0.180. The zero-order chi connectivity index (χ0) is 17.2. The molecule has 0 saturated carbocycles. The molecule has 1 aromatic heterocycles. The average molecular weight is 332 g/mol. The molecule has 3 aromatic rings. The summed E-state index contributed by atoms with van der Waals surface area (Å²) >= 11 is 0. The fraction of sp³-hybridized carbons (Fsp3) is 0.286. The van der Waals surface area contributed by atoms with Crippen LogP contribution in [0.4, 0.5) is 0 Å². The maximum absolute atomic E-state index is 6.45. The van der Waals surface area contributed by atoms with Gasteiger partial charge in [0.25, 0.3) is 0 Å². The zero-order valence-corrected chi connectivity index (χ0v) is 14.5. The van der Waals surface area contributed by atoms with E-state index >= 15 is 0 Å². The Hall–Kier alpha value is -2.43. The first-order valence-corrected chi connectivity index (χ1v) is 8.81. The van der Waals surface area contributed by atoms with E-state index in [4.69, 9.17) is 5.73 Å². The number of nitrogens with zero attached hydrogens (tertiary/aromatic N) is 3. The van der Waals surface area contributed by atoms with Crippen molar-refractivity contribution in [2.24, 2.45) is 12.8 Å². The van der Waals surface area contributed by atoms with Gasteiger partial charge in [0.15, 0.2) is 0 Å². The molecule has 4 rings (SSSR count). The first kappa shape index (κ1) is 16.1. The third kappa shape index (κ3) is 3.36. The Morgan fingerprint density at radius 1 is 1.00 bits per heavy atom. The highest BCUT2D eigenvalue weighted by molar-refractivity contribution is 5.62. The van der Waals surface area contributed by atoms with Gasteiger partial charge in [0.2, 0.25) is 0 Å². The lowest BCUT2D eigenvalue weighted by Gasteiger charge is -2.16. The van der Waals surface area contributed by atoms with Crippen LogP contribution in [0.2, 0.25) is 0 Å². The van der Waals surface area contributed by atoms with Crippen molar-refractivity contribution >= 4 is 0 Å². The summed E-state index contributed by atoms with van der Waals surface area (Å²) in [6, 6.07) is 21.2. The molecular weight excluding hydrogens is 308 g/mol. The van der Waals surface area contributed by atoms with Crippen LogP contribution in [0.5, 0.6) is 0 Å². The standard InChI is InChI=1S/C21H24N4/c1-24-12-18(21(23-24)17-10-6-3-7-11-17)13-25-14-19(20(22)15-25)16-8-4-2-5-9-16/h2-12,19-20H,13-15,22H2,1H3/t19-,20+/m0/s1. The number of hydrogen-bond acceptors (Lipinski definition) is 3. The van der Waals surface area contributed by atoms with Crippen LogP contribution in [0.15, 0.2) is 66.9 Å². The van der Waals surface area contributed by atoms with E-state index in [0.717, 1.165) is 25.3 Å². The summed E-state index contributed by atoms with van der Waals surface area (Å²) in [5.41, 5.74) is 11.3. The van der Waals surface area contributed by atoms with Gasteiger partial charge >= 0.3 is 0 Å². The Morgan fingerprint density at radius 2 is 1.68 bits per heavy atom. The van der Waals surface area contributed by atoms with Crippen LogP contribution in [-0.2, 0) is 13.6 Å². The van der Waals surface area contributed by atoms with Gasteiger partial charge in [-0.05, 0) is 5.56 Å². The van der Waals surface area contributed by atoms with E-state index in [1.54, 1.807) is 0 Å². The molecule has 1 aliphatic rings. The second-order valence-electron chi connectivity index (χ2n) is 6.92. The topological polar surface area (TPSA) is 47.1 Å². The van der Waals surface area contributed by atoms with Gasteiger partial charge in [-0.3, -0.25) is 9.58 Å². The van der Waals surface area contributed by atoms with Gasteiger partial charge in [-0.2, -0.15) is 5.10 Å². The van der Waals surface area contributed by atoms with Crippen molar-refractivity contribution in [3.8, 4) is 11.3 Å². The number of hydrogen-bond donors (Lipinski definition) is 1. The number of aromatic nitrogens is 2. The van der Waals surface area contributed by atoms with E-state index in [1.165, 1.54) is 16.7 Å². The molecule has 0 unspecified atom stereocenters. The molecule has 0 aliphatic carbocycles. The minimum atomic E-state index is 0.180. The van der Waals surface area contributed by atoms with Crippen LogP contribution in [0, 0.1) is 0 Å². The first-order chi connectivity index (χ1) is 12.2. The lowest BCUT2D eigenvalue weighted by Crippen LogP contribution is -2.28. The molecule has 2 aromatic carbocycles. The average Bonchev–Trinajstić information content (AvgIpc) is 3.19. The number of nitrogens with two attached hydrogens (primary N) is 1. The fourth-order valence-electron chi connectivity index (χ4n) is 3.83. The van der Waals surface area contributed by atoms with Gasteiger partial charge in [0.05, 0.1) is 5.69 Å². The molecular formula is C21H24N4. The molecule has 2 atom stereocenters. The summed E-state index contributed by atoms with van der Waals surface area (Å²) in [5, 5.41) is 4.68. The van der Waals surface area contributed by atoms with Gasteiger partial charge in [-0.25, -0.2) is 0 Å². The molecule has 2 N–H and O–H groups in total. The third-order valence-corrected chi connectivity index (χ3v) is 5.01. The molecule has 0 amide bonds. The summed E-state index contributed by atoms with van der Waals surface area (Å²) in [5.74, 6) is 0.401. The maximum Gasteiger partial charge on any atom is 0.0968 e. The molecule has 4 nitrogen and oxygen atoms in total. The van der Waals surface area contributed by atoms with Gasteiger partial charge in [0, 0.05) is 56.0 Å². The lowest BCUT2D eigenvalue weighted by atomic mass is 9.95. The van der Waals surface area contributed by atoms with E-state index in [1.807, 2.05) is 17.8 Å². The molecule has 1 saturated heterocycles. The van der Waals surface area contributed by atoms with Crippen molar-refractivity contribution in [2.75, 3.05) is 13.1 Å². The van der Waals surface area contributed by atoms with Crippen molar-refractivity contribution < 1.29 is 0 Å². The molecule has 25 heavy (non-hydrogen) atoms. The smallest absolute Gasteiger partial charge is 0.0968 e. The van der Waals surface area contributed by atoms with E-state index in [2.05, 4.69) is 70.8 Å². The van der Waals surface area contributed by atoms with Crippen molar-refractivity contribution in [2.45, 2.75) is 18.5 Å². The molecule has 1 fully saturated rings. The third-order valence-electron chi connectivity index (χ3n) is 5.01. The number of rotatable bonds is 4. The fourth-order valence-corrected chi connectivity index (χ4v) is 3.83. The summed E-state index contributed by atoms with van der Waals surface area (Å²) in [4.78, 5) is 2.45. The number of likely N-dealkylation sites (tertiary alicyclic amines) is 1. The predicted molar refractivity (Wildman–Crippen MR) is 101 cm³/mol. The largest absolute Gasteiger partial charge is 0.326 e. The molecule has 0 radical (unpaired) electrons. The molecule has 2 heterocycles. The Bertz CT molecular complexity index is 826. The molecule has 0 spiro atoms. The molecule has 1 aliphatic heterocycles. The second-order valence-corrected chi connectivity index (χ2v) is 6.92. The van der Waals surface area contributed by atoms with Crippen LogP contribution in [-0.4, -0.2) is 33.8 Å². The Labute approximate surface area is 148 Å². The van der Waals surface area contributed by atoms with Crippen molar-refractivity contribution in [3.05, 3.63) is 78.0 Å². The van der Waals surface area contributed by atoms with Crippen molar-refractivity contribution in [1.29, 1.82) is 0 Å². The first-order valence-electron chi connectivity index (χ1n) is 8.81. The minimum Gasteiger partial charge on any atom is -0.326 e. The molecule has 128 valence electrons. The van der Waals surface area contributed by atoms with Gasteiger partial charge in [-0.15, -0.1) is 0 Å². The summed E-state index contributed by atoms with van der Waals surface area (Å²) < 4.78 is 1.91. The normalized spacial score (nSPS) is 20.9. The highest BCUT2D eigenvalue weighted by Gasteiger charge is 2.31. The van der Waals surface area contributed by atoms with Crippen LogP contribution >= 0.6 is 0 Å². The van der Waals surface area contributed by atoms with E-state index in [-0.39, 0.29) is 6.04 Å². The van der Waals surface area contributed by atoms with Gasteiger partial charge < -0.3 is 5.73 Å². The molecule has 0 bridgehead atoms. The summed E-state index contributed by atoms with van der Waals surface area (Å²) in [6.45, 7) is 2.80. The van der Waals surface area contributed by atoms with Crippen LogP contribution in [0.3, 0.4) is 0 Å². The van der Waals surface area contributed by atoms with Crippen LogP contribution in [0.25, 0.3) is 11.3 Å². The van der Waals surface area contributed by atoms with Crippen LogP contribution < -0.4 is 5.73 Å². The van der Waals surface area contributed by atoms with E-state index < -0.39 is 0 Å². The maximum atomic E-state index is 6.45. The number of aryl methyl sites for hydroxylation is 1. The highest BCUT2D eigenvalue weighted by Crippen LogP contribution is 2.29. The van der Waals surface area contributed by atoms with E-state index in [0.29, 0.717) is 5.92 Å². The lowest BCUT2D eigenvalue weighted by molar-refractivity contribution is 0.324. The van der Waals surface area contributed by atoms with Crippen molar-refractivity contribution in [3.63, 3.8) is 0 Å². The Balaban J connectivity index is 1.54. The molecule has 4 heteroatoms. The zero-order valence-electron chi connectivity index (χ0n) is 14.5. The summed E-state index contributed by atoms with van der Waals surface area (Å²) in [7, 11) is 1.98. The quantitative estimate of drug-likeness (QED) is 0.799. The van der Waals surface area contributed by atoms with E-state index in [9.17, 15) is 0 Å². The van der Waals surface area contributed by atoms with Gasteiger partial charge in [0.1, 0.15) is 0 Å². The second kappa shape index (κ2) is 6.82. The van der Waals surface area contributed by atoms with Gasteiger partial charge in [-0.1, -0.05) is 60.7 Å². The van der Waals surface area contributed by atoms with Crippen molar-refractivity contribution in [1.82, 2.24) is 14.7 Å². The SMILES string of the molecule is Cn1cc(CN2C[C@@H](N)[C@H](c3ccccc3)C2)c(-c2ccccc2)n1.